The molecule has 1 atom stereocenters. The van der Waals surface area contributed by atoms with E-state index in [1.54, 1.807) is 66.7 Å². The van der Waals surface area contributed by atoms with Gasteiger partial charge in [-0.2, -0.15) is 0 Å². The first-order valence-corrected chi connectivity index (χ1v) is 10.2. The SMILES string of the molecule is COc1ccccc1C(O)(c1ccccc1OC)[C@H](N)C=Cc1cc(Cl)cc(Cl)c1O. The van der Waals surface area contributed by atoms with E-state index < -0.39 is 11.6 Å². The van der Waals surface area contributed by atoms with E-state index in [2.05, 4.69) is 0 Å². The molecule has 162 valence electrons. The molecular formula is C24H23Cl2NO4. The van der Waals surface area contributed by atoms with E-state index in [0.717, 1.165) is 0 Å². The maximum atomic E-state index is 12.1. The Balaban J connectivity index is 2.17. The lowest BCUT2D eigenvalue weighted by Crippen LogP contribution is -2.45. The minimum Gasteiger partial charge on any atom is -0.506 e. The van der Waals surface area contributed by atoms with Gasteiger partial charge in [0.05, 0.1) is 25.3 Å². The molecule has 0 fully saturated rings. The predicted molar refractivity (Wildman–Crippen MR) is 124 cm³/mol. The Morgan fingerprint density at radius 1 is 0.935 bits per heavy atom. The molecule has 0 aromatic heterocycles. The van der Waals surface area contributed by atoms with E-state index in [1.165, 1.54) is 20.3 Å². The van der Waals surface area contributed by atoms with Crippen LogP contribution in [0.5, 0.6) is 17.2 Å². The van der Waals surface area contributed by atoms with E-state index in [4.69, 9.17) is 38.4 Å². The van der Waals surface area contributed by atoms with Crippen LogP contribution in [0.1, 0.15) is 16.7 Å². The number of phenolic OH excluding ortho intramolecular Hbond substituents is 1. The molecule has 0 saturated heterocycles. The number of methoxy groups -OCH3 is 2. The van der Waals surface area contributed by atoms with Crippen LogP contribution in [-0.4, -0.2) is 30.5 Å². The van der Waals surface area contributed by atoms with Gasteiger partial charge in [-0.15, -0.1) is 0 Å². The van der Waals surface area contributed by atoms with Crippen LogP contribution < -0.4 is 15.2 Å². The van der Waals surface area contributed by atoms with Gasteiger partial charge in [0, 0.05) is 21.7 Å². The molecule has 0 unspecified atom stereocenters. The van der Waals surface area contributed by atoms with E-state index in [9.17, 15) is 10.2 Å². The van der Waals surface area contributed by atoms with Crippen LogP contribution in [0.25, 0.3) is 6.08 Å². The number of rotatable bonds is 7. The molecule has 0 radical (unpaired) electrons. The first-order chi connectivity index (χ1) is 14.8. The van der Waals surface area contributed by atoms with Crippen LogP contribution in [0.3, 0.4) is 0 Å². The van der Waals surface area contributed by atoms with E-state index in [1.807, 2.05) is 0 Å². The third-order valence-electron chi connectivity index (χ3n) is 5.06. The maximum absolute atomic E-state index is 12.1. The molecule has 3 aromatic rings. The second kappa shape index (κ2) is 9.62. The molecule has 3 aromatic carbocycles. The largest absolute Gasteiger partial charge is 0.506 e. The van der Waals surface area contributed by atoms with Crippen molar-refractivity contribution in [2.75, 3.05) is 14.2 Å². The first kappa shape index (κ1) is 23.0. The van der Waals surface area contributed by atoms with Crippen LogP contribution in [0.2, 0.25) is 10.0 Å². The maximum Gasteiger partial charge on any atom is 0.141 e. The van der Waals surface area contributed by atoms with Gasteiger partial charge in [0.2, 0.25) is 0 Å². The van der Waals surface area contributed by atoms with E-state index in [0.29, 0.717) is 33.2 Å². The molecular weight excluding hydrogens is 437 g/mol. The van der Waals surface area contributed by atoms with E-state index in [-0.39, 0.29) is 10.8 Å². The summed E-state index contributed by atoms with van der Waals surface area (Å²) in [5, 5.41) is 22.8. The molecule has 0 bridgehead atoms. The summed E-state index contributed by atoms with van der Waals surface area (Å²) in [6.45, 7) is 0. The van der Waals surface area contributed by atoms with Gasteiger partial charge in [-0.05, 0) is 24.3 Å². The molecule has 0 spiro atoms. The zero-order chi connectivity index (χ0) is 22.6. The standard InChI is InChI=1S/C24H23Cl2NO4/c1-30-20-9-5-3-7-17(20)24(29,18-8-4-6-10-21(18)31-2)22(27)12-11-15-13-16(25)14-19(26)23(15)28/h3-14,22,28-29H,27H2,1-2H3/t22-/m1/s1. The molecule has 4 N–H and O–H groups in total. The van der Waals surface area contributed by atoms with Gasteiger partial charge < -0.3 is 25.4 Å². The second-order valence-electron chi connectivity index (χ2n) is 6.88. The van der Waals surface area contributed by atoms with Crippen LogP contribution in [-0.2, 0) is 5.60 Å². The average Bonchev–Trinajstić information content (AvgIpc) is 2.79. The van der Waals surface area contributed by atoms with Crippen molar-refractivity contribution in [3.63, 3.8) is 0 Å². The summed E-state index contributed by atoms with van der Waals surface area (Å²) in [4.78, 5) is 0. The Labute approximate surface area is 191 Å². The molecule has 5 nitrogen and oxygen atoms in total. The molecule has 0 aliphatic rings. The number of hydrogen-bond donors (Lipinski definition) is 3. The summed E-state index contributed by atoms with van der Waals surface area (Å²) in [7, 11) is 3.05. The summed E-state index contributed by atoms with van der Waals surface area (Å²) < 4.78 is 11.0. The molecule has 0 aliphatic carbocycles. The van der Waals surface area contributed by atoms with Gasteiger partial charge in [0.25, 0.3) is 0 Å². The number of halogens is 2. The van der Waals surface area contributed by atoms with Crippen molar-refractivity contribution < 1.29 is 19.7 Å². The van der Waals surface area contributed by atoms with Crippen molar-refractivity contribution in [3.8, 4) is 17.2 Å². The second-order valence-corrected chi connectivity index (χ2v) is 7.72. The van der Waals surface area contributed by atoms with Crippen LogP contribution in [0.4, 0.5) is 0 Å². The lowest BCUT2D eigenvalue weighted by Gasteiger charge is -2.35. The van der Waals surface area contributed by atoms with E-state index >= 15 is 0 Å². The summed E-state index contributed by atoms with van der Waals surface area (Å²) in [6, 6.07) is 16.2. The minimum absolute atomic E-state index is 0.116. The van der Waals surface area contributed by atoms with Gasteiger partial charge in [-0.25, -0.2) is 0 Å². The monoisotopic (exact) mass is 459 g/mol. The Morgan fingerprint density at radius 3 is 1.97 bits per heavy atom. The predicted octanol–water partition coefficient (Wildman–Crippen LogP) is 4.99. The highest BCUT2D eigenvalue weighted by Crippen LogP contribution is 2.42. The van der Waals surface area contributed by atoms with Crippen molar-refractivity contribution in [3.05, 3.63) is 93.5 Å². The molecule has 0 amide bonds. The number of phenols is 1. The topological polar surface area (TPSA) is 84.9 Å². The molecule has 31 heavy (non-hydrogen) atoms. The lowest BCUT2D eigenvalue weighted by atomic mass is 9.79. The molecule has 0 aliphatic heterocycles. The quantitative estimate of drug-likeness (QED) is 0.463. The zero-order valence-corrected chi connectivity index (χ0v) is 18.6. The van der Waals surface area contributed by atoms with Crippen LogP contribution >= 0.6 is 23.2 Å². The Hall–Kier alpha value is -2.70. The third kappa shape index (κ3) is 4.50. The zero-order valence-electron chi connectivity index (χ0n) is 17.0. The Morgan fingerprint density at radius 2 is 1.45 bits per heavy atom. The number of aromatic hydroxyl groups is 1. The van der Waals surface area contributed by atoms with Crippen molar-refractivity contribution in [1.82, 2.24) is 0 Å². The number of aliphatic hydroxyl groups is 1. The van der Waals surface area contributed by atoms with Crippen LogP contribution in [0.15, 0.2) is 66.7 Å². The smallest absolute Gasteiger partial charge is 0.141 e. The fourth-order valence-electron chi connectivity index (χ4n) is 3.48. The Bertz CT molecular complexity index is 1050. The van der Waals surface area contributed by atoms with Gasteiger partial charge >= 0.3 is 0 Å². The third-order valence-corrected chi connectivity index (χ3v) is 5.56. The highest BCUT2D eigenvalue weighted by atomic mass is 35.5. The summed E-state index contributed by atoms with van der Waals surface area (Å²) in [5.41, 5.74) is 6.13. The van der Waals surface area contributed by atoms with Gasteiger partial charge in [-0.3, -0.25) is 0 Å². The number of para-hydroxylation sites is 2. The Kier molecular flexibility index (Phi) is 7.13. The highest BCUT2D eigenvalue weighted by molar-refractivity contribution is 6.35. The van der Waals surface area contributed by atoms with Crippen LogP contribution in [0, 0.1) is 0 Å². The summed E-state index contributed by atoms with van der Waals surface area (Å²) >= 11 is 12.1. The number of benzene rings is 3. The highest BCUT2D eigenvalue weighted by Gasteiger charge is 2.41. The molecule has 3 rings (SSSR count). The number of ether oxygens (including phenoxy) is 2. The average molecular weight is 460 g/mol. The normalized spacial score (nSPS) is 12.7. The molecule has 7 heteroatoms. The number of hydrogen-bond acceptors (Lipinski definition) is 5. The van der Waals surface area contributed by atoms with Crippen molar-refractivity contribution in [1.29, 1.82) is 0 Å². The minimum atomic E-state index is -1.71. The summed E-state index contributed by atoms with van der Waals surface area (Å²) in [5.74, 6) is 0.800. The van der Waals surface area contributed by atoms with Crippen molar-refractivity contribution in [2.24, 2.45) is 5.73 Å². The van der Waals surface area contributed by atoms with Crippen molar-refractivity contribution in [2.45, 2.75) is 11.6 Å². The first-order valence-electron chi connectivity index (χ1n) is 9.44. The van der Waals surface area contributed by atoms with Gasteiger partial charge in [0.15, 0.2) is 0 Å². The summed E-state index contributed by atoms with van der Waals surface area (Å²) in [6.07, 6.45) is 3.13. The molecule has 0 saturated carbocycles. The van der Waals surface area contributed by atoms with Gasteiger partial charge in [0.1, 0.15) is 22.8 Å². The van der Waals surface area contributed by atoms with Crippen molar-refractivity contribution >= 4 is 29.3 Å². The molecule has 0 heterocycles. The fourth-order valence-corrected chi connectivity index (χ4v) is 3.99. The van der Waals surface area contributed by atoms with Gasteiger partial charge in [-0.1, -0.05) is 71.8 Å². The lowest BCUT2D eigenvalue weighted by molar-refractivity contribution is 0.0618. The fraction of sp³-hybridized carbons (Fsp3) is 0.167. The number of nitrogens with two attached hydrogens (primary N) is 1.